The summed E-state index contributed by atoms with van der Waals surface area (Å²) in [5, 5.41) is 35.1. The van der Waals surface area contributed by atoms with Crippen molar-refractivity contribution in [3.8, 4) is 0 Å². The Morgan fingerprint density at radius 1 is 0.570 bits per heavy atom. The quantitative estimate of drug-likeness (QED) is 0.0258. The Morgan fingerprint density at radius 3 is 1.37 bits per heavy atom. The van der Waals surface area contributed by atoms with E-state index in [1.165, 1.54) is 41.6 Å². The number of aromatic amines is 3. The Morgan fingerprint density at radius 2 is 0.980 bits per heavy atom. The second kappa shape index (κ2) is 32.1. The fraction of sp³-hybridized carbons (Fsp3) is 0.281. The number of aromatic carboxylic acids is 1. The van der Waals surface area contributed by atoms with Crippen molar-refractivity contribution in [1.82, 2.24) is 74.7 Å². The number of nitrogens with zero attached hydrogens (tertiary/aromatic N) is 11. The van der Waals surface area contributed by atoms with Gasteiger partial charge in [-0.2, -0.15) is 15.0 Å². The van der Waals surface area contributed by atoms with E-state index in [4.69, 9.17) is 20.7 Å². The number of ether oxygens (including phenoxy) is 1. The number of aromatic nitrogens is 14. The van der Waals surface area contributed by atoms with Crippen LogP contribution in [0.25, 0.3) is 33.5 Å². The summed E-state index contributed by atoms with van der Waals surface area (Å²) in [7, 11) is -3.24. The lowest BCUT2D eigenvalue weighted by atomic mass is 10.1. The molecule has 0 bridgehead atoms. The molecule has 10 rings (SSSR count). The van der Waals surface area contributed by atoms with Crippen molar-refractivity contribution in [3.05, 3.63) is 175 Å². The van der Waals surface area contributed by atoms with E-state index >= 15 is 0 Å². The van der Waals surface area contributed by atoms with Gasteiger partial charge in [0, 0.05) is 59.1 Å². The number of amides is 3. The minimum atomic E-state index is -1.64. The number of aliphatic carboxylic acids is 1. The minimum Gasteiger partial charge on any atom is -0.481 e. The first kappa shape index (κ1) is 73.5. The van der Waals surface area contributed by atoms with Crippen molar-refractivity contribution in [1.29, 1.82) is 0 Å². The van der Waals surface area contributed by atoms with Crippen molar-refractivity contribution < 1.29 is 48.5 Å². The summed E-state index contributed by atoms with van der Waals surface area (Å²) in [5.41, 5.74) is 8.48. The van der Waals surface area contributed by atoms with Gasteiger partial charge in [0.1, 0.15) is 18.0 Å². The maximum atomic E-state index is 12.8. The van der Waals surface area contributed by atoms with Crippen LogP contribution in [0.5, 0.6) is 0 Å². The molecule has 7 aromatic heterocycles. The number of rotatable bonds is 23. The van der Waals surface area contributed by atoms with Crippen LogP contribution in [0.15, 0.2) is 124 Å². The van der Waals surface area contributed by atoms with Crippen LogP contribution in [0.1, 0.15) is 81.8 Å². The number of anilines is 6. The second-order valence-electron chi connectivity index (χ2n) is 25.8. The standard InChI is InChI=1S/C28H37N7O7Si.C22H24N8O3Si.C14H12N6O3/c1-28(2,3)42-26(41)19(11-12-21(37)38)32-24(39)16-7-9-17(10-8-16)29-13-18-14-30-23-22(31-18)25(40)35-27(34-23)33-20(36)15-43(4,5)6;1-34(2,3)12-17(31)27-22-28-19-18(20(32)29-22)26-16(11-25-19)10-24-15-6-4-14(5-7-15)21(33)30-9-8-23-13-30;15-14-19-11-10(12(21)20-14)18-9(6-17-11)5-16-8-3-1-7(2-4-8)13(22)23/h7-10,14,19,29H,11-13,15H2,1-6H3,(H,32,39)(H,37,38)(H2,30,33,34,35,36,40);4-9,11,13,24H,10,12H2,1-3H3,(H2,25,27,28,29,31,32);1-4,6,16H,5H2,(H,22,23)(H3,15,17,19,20,21). The third-order valence-electron chi connectivity index (χ3n) is 13.5. The number of benzene rings is 3. The molecule has 10 aromatic rings. The highest BCUT2D eigenvalue weighted by molar-refractivity contribution is 6.79. The summed E-state index contributed by atoms with van der Waals surface area (Å²) in [6, 6.07) is 19.3. The number of fused-ring (bicyclic) bond motifs is 3. The largest absolute Gasteiger partial charge is 0.481 e. The number of hydrogen-bond donors (Lipinski definition) is 12. The first-order valence-electron chi connectivity index (χ1n) is 30.9. The van der Waals surface area contributed by atoms with Crippen molar-refractivity contribution >= 4 is 126 Å². The highest BCUT2D eigenvalue weighted by atomic mass is 28.3. The van der Waals surface area contributed by atoms with E-state index < -0.39 is 68.3 Å². The predicted molar refractivity (Wildman–Crippen MR) is 376 cm³/mol. The Balaban J connectivity index is 0.000000199. The molecule has 13 N–H and O–H groups in total. The molecule has 1 atom stereocenters. The molecule has 520 valence electrons. The monoisotopic (exact) mass is 1400 g/mol. The summed E-state index contributed by atoms with van der Waals surface area (Å²) >= 11 is 0. The normalized spacial score (nSPS) is 11.6. The van der Waals surface area contributed by atoms with E-state index in [1.54, 1.807) is 93.8 Å². The molecule has 0 saturated heterocycles. The predicted octanol–water partition coefficient (Wildman–Crippen LogP) is 6.00. The number of hydrogen-bond acceptors (Lipinski definition) is 25. The zero-order chi connectivity index (χ0) is 72.6. The molecular weight excluding hydrogens is 1330 g/mol. The van der Waals surface area contributed by atoms with Crippen LogP contribution in [-0.4, -0.2) is 149 Å². The van der Waals surface area contributed by atoms with Crippen molar-refractivity contribution in [2.45, 2.75) is 116 Å². The smallest absolute Gasteiger partial charge is 0.335 e. The van der Waals surface area contributed by atoms with Crippen molar-refractivity contribution in [2.24, 2.45) is 0 Å². The van der Waals surface area contributed by atoms with Gasteiger partial charge in [0.15, 0.2) is 33.5 Å². The number of carboxylic acid groups (broad SMARTS) is 2. The van der Waals surface area contributed by atoms with Gasteiger partial charge in [-0.05, 0) is 100.0 Å². The number of carboxylic acids is 2. The van der Waals surface area contributed by atoms with Crippen molar-refractivity contribution in [2.75, 3.05) is 32.3 Å². The average Bonchev–Trinajstić information content (AvgIpc) is 0.924. The molecule has 100 heavy (non-hydrogen) atoms. The molecule has 3 aromatic carbocycles. The van der Waals surface area contributed by atoms with Gasteiger partial charge >= 0.3 is 17.9 Å². The molecule has 0 aliphatic heterocycles. The number of nitrogens with two attached hydrogens (primary N) is 1. The molecule has 3 amide bonds. The van der Waals surface area contributed by atoms with Gasteiger partial charge in [0.05, 0.1) is 77.0 Å². The van der Waals surface area contributed by atoms with Gasteiger partial charge in [0.25, 0.3) is 28.5 Å². The van der Waals surface area contributed by atoms with Crippen molar-refractivity contribution in [3.63, 3.8) is 0 Å². The lowest BCUT2D eigenvalue weighted by Crippen LogP contribution is -2.44. The zero-order valence-electron chi connectivity index (χ0n) is 55.8. The Bertz CT molecular complexity index is 4840. The van der Waals surface area contributed by atoms with Gasteiger partial charge in [-0.1, -0.05) is 39.3 Å². The van der Waals surface area contributed by atoms with E-state index in [1.807, 2.05) is 0 Å². The highest BCUT2D eigenvalue weighted by Crippen LogP contribution is 2.19. The zero-order valence-corrected chi connectivity index (χ0v) is 57.8. The highest BCUT2D eigenvalue weighted by Gasteiger charge is 2.28. The SMILES string of the molecule is CC(C)(C)OC(=O)C(CCC(=O)O)NC(=O)c1ccc(NCc2cnc3nc(NC(=O)C[Si](C)(C)C)[nH]c(=O)c3n2)cc1.C[Si](C)(C)CC(=O)Nc1nc2ncc(CNc3ccc(C(=O)n4ccnc4)cc3)nc2c(=O)[nH]1.Nc1nc2ncc(CNc3ccc(C(=O)O)cc3)nc2c(=O)[nH]1. The summed E-state index contributed by atoms with van der Waals surface area (Å²) in [6.45, 7) is 18.3. The summed E-state index contributed by atoms with van der Waals surface area (Å²) < 4.78 is 6.73. The topological polar surface area (TPSA) is 500 Å². The number of H-pyrrole nitrogens is 3. The molecule has 1 unspecified atom stereocenters. The molecule has 34 nitrogen and oxygen atoms in total. The molecule has 36 heteroatoms. The van der Waals surface area contributed by atoms with Gasteiger partial charge in [0.2, 0.25) is 29.7 Å². The van der Waals surface area contributed by atoms with Gasteiger partial charge in [-0.25, -0.2) is 44.5 Å². The van der Waals surface area contributed by atoms with E-state index in [-0.39, 0.29) is 99.6 Å². The van der Waals surface area contributed by atoms with Crippen LogP contribution in [0.4, 0.5) is 34.9 Å². The number of carbonyl (C=O) groups is 7. The minimum absolute atomic E-state index is 0.0128. The first-order valence-corrected chi connectivity index (χ1v) is 38.3. The number of esters is 1. The Hall–Kier alpha value is -12.3. The summed E-state index contributed by atoms with van der Waals surface area (Å²) in [6.07, 6.45) is 8.63. The molecule has 0 aliphatic rings. The van der Waals surface area contributed by atoms with E-state index in [9.17, 15) is 47.9 Å². The van der Waals surface area contributed by atoms with Gasteiger partial charge < -0.3 is 42.0 Å². The maximum absolute atomic E-state index is 12.8. The maximum Gasteiger partial charge on any atom is 0.335 e. The number of carbonyl (C=O) groups excluding carboxylic acids is 5. The Labute approximate surface area is 570 Å². The van der Waals surface area contributed by atoms with Crippen LogP contribution in [0.2, 0.25) is 51.4 Å². The molecule has 0 aliphatic carbocycles. The lowest BCUT2D eigenvalue weighted by molar-refractivity contribution is -0.157. The second-order valence-corrected chi connectivity index (χ2v) is 36.8. The number of imidazole rings is 1. The van der Waals surface area contributed by atoms with Gasteiger partial charge in [-0.3, -0.25) is 68.5 Å². The van der Waals surface area contributed by atoms with Crippen LogP contribution >= 0.6 is 0 Å². The summed E-state index contributed by atoms with van der Waals surface area (Å²) in [4.78, 5) is 170. The van der Waals surface area contributed by atoms with Crippen LogP contribution < -0.4 is 54.3 Å². The first-order chi connectivity index (χ1) is 47.2. The number of nitrogen functional groups attached to an aromatic ring is 1. The number of nitrogens with one attached hydrogen (secondary N) is 9. The molecule has 0 spiro atoms. The van der Waals surface area contributed by atoms with E-state index in [0.29, 0.717) is 53.5 Å². The molecule has 7 heterocycles. The molecule has 0 saturated carbocycles. The Kier molecular flexibility index (Phi) is 23.6. The lowest BCUT2D eigenvalue weighted by Gasteiger charge is -2.24. The van der Waals surface area contributed by atoms with E-state index in [2.05, 4.69) is 136 Å². The van der Waals surface area contributed by atoms with Crippen LogP contribution in [0.3, 0.4) is 0 Å². The fourth-order valence-electron chi connectivity index (χ4n) is 9.01. The fourth-order valence-corrected chi connectivity index (χ4v) is 11.1. The average molecular weight is 1400 g/mol. The third kappa shape index (κ3) is 22.1. The van der Waals surface area contributed by atoms with Gasteiger partial charge in [-0.15, -0.1) is 0 Å². The molecular formula is C64H73N21O13Si2. The van der Waals surface area contributed by atoms with E-state index in [0.717, 1.165) is 11.4 Å². The third-order valence-corrected chi connectivity index (χ3v) is 16.3. The molecule has 0 fully saturated rings. The van der Waals surface area contributed by atoms with Crippen LogP contribution in [-0.2, 0) is 43.5 Å². The summed E-state index contributed by atoms with van der Waals surface area (Å²) in [5.74, 6) is -3.87. The molecule has 0 radical (unpaired) electrons. The van der Waals surface area contributed by atoms with Crippen LogP contribution in [0, 0.1) is 0 Å².